The maximum Gasteiger partial charge on any atom is 0.303 e. The minimum absolute atomic E-state index is 0.162. The fraction of sp³-hybridized carbons (Fsp3) is 0.455. The van der Waals surface area contributed by atoms with E-state index in [-0.39, 0.29) is 12.8 Å². The van der Waals surface area contributed by atoms with Crippen LogP contribution in [0, 0.1) is 13.8 Å². The lowest BCUT2D eigenvalue weighted by Gasteiger charge is -2.11. The van der Waals surface area contributed by atoms with Crippen LogP contribution in [0.25, 0.3) is 0 Å². The van der Waals surface area contributed by atoms with E-state index in [0.29, 0.717) is 0 Å². The zero-order valence-electron chi connectivity index (χ0n) is 9.28. The van der Waals surface area contributed by atoms with Crippen molar-refractivity contribution in [2.24, 2.45) is 0 Å². The van der Waals surface area contributed by atoms with E-state index >= 15 is 0 Å². The molecule has 0 aliphatic carbocycles. The second-order valence-electron chi connectivity index (χ2n) is 3.93. The van der Waals surface area contributed by atoms with Crippen LogP contribution >= 0.6 is 0 Å². The van der Waals surface area contributed by atoms with E-state index in [1.54, 1.807) is 0 Å². The molecule has 5 nitrogen and oxygen atoms in total. The Labute approximate surface area is 93.1 Å². The smallest absolute Gasteiger partial charge is 0.303 e. The van der Waals surface area contributed by atoms with Gasteiger partial charge in [0.2, 0.25) is 0 Å². The molecule has 0 amide bonds. The van der Waals surface area contributed by atoms with Gasteiger partial charge in [-0.15, -0.1) is 0 Å². The molecule has 5 heteroatoms. The summed E-state index contributed by atoms with van der Waals surface area (Å²) in [5.41, 5.74) is 2.53. The van der Waals surface area contributed by atoms with Gasteiger partial charge in [-0.3, -0.25) is 9.59 Å². The highest BCUT2D eigenvalue weighted by atomic mass is 16.4. The molecule has 0 aliphatic rings. The molecule has 3 N–H and O–H groups in total. The lowest BCUT2D eigenvalue weighted by Crippen LogP contribution is -2.11. The Morgan fingerprint density at radius 2 is 1.75 bits per heavy atom. The number of carbonyl (C=O) groups is 2. The number of aliphatic carboxylic acids is 2. The number of aryl methyl sites for hydroxylation is 2. The highest BCUT2D eigenvalue weighted by Gasteiger charge is 2.21. The quantitative estimate of drug-likeness (QED) is 0.710. The Morgan fingerprint density at radius 3 is 2.06 bits per heavy atom. The average Bonchev–Trinajstić information content (AvgIpc) is 2.42. The first-order chi connectivity index (χ1) is 7.40. The van der Waals surface area contributed by atoms with Crippen LogP contribution in [-0.4, -0.2) is 27.1 Å². The Bertz CT molecular complexity index is 392. The van der Waals surface area contributed by atoms with Gasteiger partial charge in [0.05, 0.1) is 12.8 Å². The molecular formula is C11H15NO4. The van der Waals surface area contributed by atoms with Crippen LogP contribution in [0.15, 0.2) is 6.07 Å². The van der Waals surface area contributed by atoms with Crippen LogP contribution in [0.4, 0.5) is 0 Å². The lowest BCUT2D eigenvalue weighted by molar-refractivity contribution is -0.139. The standard InChI is InChI=1S/C11H15NO4/c1-6-3-9(7(2)12-6)8(4-10(13)14)5-11(15)16/h3,8,12H,4-5H2,1-2H3,(H,13,14)(H,15,16). The van der Waals surface area contributed by atoms with Gasteiger partial charge in [0.25, 0.3) is 0 Å². The van der Waals surface area contributed by atoms with Gasteiger partial charge in [0.1, 0.15) is 0 Å². The molecule has 0 fully saturated rings. The minimum Gasteiger partial charge on any atom is -0.481 e. The van der Waals surface area contributed by atoms with Crippen LogP contribution in [0.5, 0.6) is 0 Å². The van der Waals surface area contributed by atoms with Crippen molar-refractivity contribution in [2.75, 3.05) is 0 Å². The van der Waals surface area contributed by atoms with E-state index in [4.69, 9.17) is 10.2 Å². The number of rotatable bonds is 5. The third-order valence-corrected chi connectivity index (χ3v) is 2.47. The van der Waals surface area contributed by atoms with E-state index in [0.717, 1.165) is 17.0 Å². The van der Waals surface area contributed by atoms with Crippen LogP contribution in [0.2, 0.25) is 0 Å². The Hall–Kier alpha value is -1.78. The molecule has 0 saturated carbocycles. The van der Waals surface area contributed by atoms with Gasteiger partial charge in [-0.05, 0) is 25.5 Å². The number of hydrogen-bond acceptors (Lipinski definition) is 2. The predicted molar refractivity (Wildman–Crippen MR) is 57.5 cm³/mol. The van der Waals surface area contributed by atoms with E-state index in [1.165, 1.54) is 0 Å². The second-order valence-corrected chi connectivity index (χ2v) is 3.93. The zero-order valence-corrected chi connectivity index (χ0v) is 9.28. The summed E-state index contributed by atoms with van der Waals surface area (Å²) in [6.45, 7) is 3.67. The summed E-state index contributed by atoms with van der Waals surface area (Å²) < 4.78 is 0. The SMILES string of the molecule is Cc1cc(C(CC(=O)O)CC(=O)O)c(C)[nH]1. The first-order valence-corrected chi connectivity index (χ1v) is 5.00. The Kier molecular flexibility index (Phi) is 3.71. The number of H-pyrrole nitrogens is 1. The summed E-state index contributed by atoms with van der Waals surface area (Å²) in [6, 6.07) is 1.81. The van der Waals surface area contributed by atoms with Crippen molar-refractivity contribution in [1.29, 1.82) is 0 Å². The molecule has 0 radical (unpaired) electrons. The van der Waals surface area contributed by atoms with Gasteiger partial charge < -0.3 is 15.2 Å². The topological polar surface area (TPSA) is 90.4 Å². The number of nitrogens with one attached hydrogen (secondary N) is 1. The maximum atomic E-state index is 10.7. The summed E-state index contributed by atoms with van der Waals surface area (Å²) >= 11 is 0. The minimum atomic E-state index is -0.982. The fourth-order valence-corrected chi connectivity index (χ4v) is 1.88. The van der Waals surface area contributed by atoms with E-state index < -0.39 is 17.9 Å². The second kappa shape index (κ2) is 4.83. The third-order valence-electron chi connectivity index (χ3n) is 2.47. The van der Waals surface area contributed by atoms with Crippen molar-refractivity contribution in [2.45, 2.75) is 32.6 Å². The van der Waals surface area contributed by atoms with Crippen LogP contribution in [0.3, 0.4) is 0 Å². The summed E-state index contributed by atoms with van der Waals surface area (Å²) in [5.74, 6) is -2.44. The number of aromatic amines is 1. The van der Waals surface area contributed by atoms with Gasteiger partial charge >= 0.3 is 11.9 Å². The molecule has 0 atom stereocenters. The highest BCUT2D eigenvalue weighted by molar-refractivity contribution is 5.72. The maximum absolute atomic E-state index is 10.7. The summed E-state index contributed by atoms with van der Waals surface area (Å²) in [7, 11) is 0. The molecule has 0 spiro atoms. The molecule has 0 aromatic carbocycles. The number of carboxylic acids is 2. The van der Waals surface area contributed by atoms with Crippen molar-refractivity contribution in [3.63, 3.8) is 0 Å². The normalized spacial score (nSPS) is 10.7. The summed E-state index contributed by atoms with van der Waals surface area (Å²) in [5, 5.41) is 17.5. The first kappa shape index (κ1) is 12.3. The molecular weight excluding hydrogens is 210 g/mol. The highest BCUT2D eigenvalue weighted by Crippen LogP contribution is 2.27. The monoisotopic (exact) mass is 225 g/mol. The van der Waals surface area contributed by atoms with Crippen molar-refractivity contribution < 1.29 is 19.8 Å². The number of carboxylic acid groups (broad SMARTS) is 2. The Balaban J connectivity index is 2.95. The Morgan fingerprint density at radius 1 is 1.25 bits per heavy atom. The van der Waals surface area contributed by atoms with Gasteiger partial charge in [-0.1, -0.05) is 0 Å². The van der Waals surface area contributed by atoms with E-state index in [9.17, 15) is 9.59 Å². The van der Waals surface area contributed by atoms with E-state index in [2.05, 4.69) is 4.98 Å². The molecule has 1 heterocycles. The average molecular weight is 225 g/mol. The molecule has 0 aliphatic heterocycles. The predicted octanol–water partition coefficient (Wildman–Crippen LogP) is 1.66. The number of hydrogen-bond donors (Lipinski definition) is 3. The molecule has 1 aromatic rings. The molecule has 1 aromatic heterocycles. The van der Waals surface area contributed by atoms with Crippen LogP contribution in [-0.2, 0) is 9.59 Å². The van der Waals surface area contributed by atoms with Gasteiger partial charge in [-0.2, -0.15) is 0 Å². The van der Waals surface area contributed by atoms with Crippen LogP contribution in [0.1, 0.15) is 35.7 Å². The van der Waals surface area contributed by atoms with Gasteiger partial charge in [0, 0.05) is 17.3 Å². The van der Waals surface area contributed by atoms with Crippen molar-refractivity contribution in [3.05, 3.63) is 23.0 Å². The molecule has 0 unspecified atom stereocenters. The molecule has 0 saturated heterocycles. The number of aromatic nitrogens is 1. The van der Waals surface area contributed by atoms with Crippen molar-refractivity contribution in [3.8, 4) is 0 Å². The van der Waals surface area contributed by atoms with Crippen molar-refractivity contribution >= 4 is 11.9 Å². The molecule has 1 rings (SSSR count). The first-order valence-electron chi connectivity index (χ1n) is 5.00. The van der Waals surface area contributed by atoms with Crippen molar-refractivity contribution in [1.82, 2.24) is 4.98 Å². The largest absolute Gasteiger partial charge is 0.481 e. The summed E-state index contributed by atoms with van der Waals surface area (Å²) in [6.07, 6.45) is -0.325. The zero-order chi connectivity index (χ0) is 12.3. The van der Waals surface area contributed by atoms with Gasteiger partial charge in [0.15, 0.2) is 0 Å². The summed E-state index contributed by atoms with van der Waals surface area (Å²) in [4.78, 5) is 24.4. The van der Waals surface area contributed by atoms with Crippen LogP contribution < -0.4 is 0 Å². The third kappa shape index (κ3) is 3.12. The van der Waals surface area contributed by atoms with Gasteiger partial charge in [-0.25, -0.2) is 0 Å². The molecule has 16 heavy (non-hydrogen) atoms. The molecule has 0 bridgehead atoms. The molecule has 88 valence electrons. The lowest BCUT2D eigenvalue weighted by atomic mass is 9.92. The van der Waals surface area contributed by atoms with E-state index in [1.807, 2.05) is 19.9 Å². The fourth-order valence-electron chi connectivity index (χ4n) is 1.88.